The van der Waals surface area contributed by atoms with Crippen LogP contribution in [0.5, 0.6) is 11.5 Å². The molecule has 0 unspecified atom stereocenters. The van der Waals surface area contributed by atoms with Crippen LogP contribution in [0.15, 0.2) is 40.2 Å². The van der Waals surface area contributed by atoms with Gasteiger partial charge >= 0.3 is 0 Å². The fraction of sp³-hybridized carbons (Fsp3) is 0.167. The minimum Gasteiger partial charge on any atom is -0.493 e. The summed E-state index contributed by atoms with van der Waals surface area (Å²) in [5, 5.41) is 11.9. The van der Waals surface area contributed by atoms with Crippen molar-refractivity contribution < 1.29 is 19.1 Å². The van der Waals surface area contributed by atoms with Crippen LogP contribution in [0.3, 0.4) is 0 Å². The molecule has 3 rings (SSSR count). The predicted molar refractivity (Wildman–Crippen MR) is 100 cm³/mol. The molecule has 0 atom stereocenters. The van der Waals surface area contributed by atoms with E-state index in [9.17, 15) is 0 Å². The van der Waals surface area contributed by atoms with Gasteiger partial charge in [0.15, 0.2) is 17.3 Å². The molecule has 0 saturated heterocycles. The predicted octanol–water partition coefficient (Wildman–Crippen LogP) is 2.32. The fourth-order valence-electron chi connectivity index (χ4n) is 2.81. The third-order valence-electron chi connectivity index (χ3n) is 4.01. The number of rotatable bonds is 6. The van der Waals surface area contributed by atoms with Crippen LogP contribution in [-0.2, 0) is 6.42 Å². The van der Waals surface area contributed by atoms with Crippen molar-refractivity contribution in [3.05, 3.63) is 47.5 Å². The average molecular weight is 369 g/mol. The number of hydrogen-bond donors (Lipinski definition) is 3. The number of aromatic nitrogens is 2. The molecule has 2 aromatic heterocycles. The minimum absolute atomic E-state index is 0.121. The molecular formula is C18H19N5O4. The number of oxime groups is 1. The summed E-state index contributed by atoms with van der Waals surface area (Å²) in [7, 11) is 3.10. The van der Waals surface area contributed by atoms with Gasteiger partial charge in [0.2, 0.25) is 5.95 Å². The topological polar surface area (TPSA) is 142 Å². The Morgan fingerprint density at radius 2 is 2.04 bits per heavy atom. The molecule has 0 fully saturated rings. The van der Waals surface area contributed by atoms with Crippen LogP contribution in [0.25, 0.3) is 11.1 Å². The van der Waals surface area contributed by atoms with Crippen molar-refractivity contribution in [1.82, 2.24) is 9.97 Å². The molecule has 0 aliphatic rings. The number of nitrogens with two attached hydrogens (primary N) is 2. The lowest BCUT2D eigenvalue weighted by Gasteiger charge is -2.15. The monoisotopic (exact) mass is 369 g/mol. The summed E-state index contributed by atoms with van der Waals surface area (Å²) in [4.78, 5) is 7.98. The Hall–Kier alpha value is -3.75. The lowest BCUT2D eigenvalue weighted by Crippen LogP contribution is -2.04. The average Bonchev–Trinajstić information content (AvgIpc) is 3.11. The maximum atomic E-state index is 8.85. The molecule has 3 aromatic rings. The highest BCUT2D eigenvalue weighted by Crippen LogP contribution is 2.41. The van der Waals surface area contributed by atoms with Crippen molar-refractivity contribution in [2.75, 3.05) is 25.7 Å². The number of ether oxygens (including phenoxy) is 2. The van der Waals surface area contributed by atoms with E-state index in [-0.39, 0.29) is 5.95 Å². The summed E-state index contributed by atoms with van der Waals surface area (Å²) in [5.74, 6) is 1.88. The molecule has 0 spiro atoms. The Labute approximate surface area is 155 Å². The van der Waals surface area contributed by atoms with Crippen molar-refractivity contribution in [3.8, 4) is 22.6 Å². The second-order valence-corrected chi connectivity index (χ2v) is 5.64. The van der Waals surface area contributed by atoms with E-state index < -0.39 is 0 Å². The molecule has 9 heteroatoms. The third-order valence-corrected chi connectivity index (χ3v) is 4.01. The van der Waals surface area contributed by atoms with Crippen molar-refractivity contribution in [2.24, 2.45) is 5.16 Å². The van der Waals surface area contributed by atoms with E-state index in [1.807, 2.05) is 12.1 Å². The number of nitrogens with zero attached hydrogens (tertiary/aromatic N) is 3. The van der Waals surface area contributed by atoms with E-state index >= 15 is 0 Å². The van der Waals surface area contributed by atoms with Crippen LogP contribution in [0.1, 0.15) is 16.9 Å². The maximum absolute atomic E-state index is 8.85. The number of furan rings is 1. The Balaban J connectivity index is 2.12. The molecule has 0 amide bonds. The summed E-state index contributed by atoms with van der Waals surface area (Å²) in [6.45, 7) is 0. The molecular weight excluding hydrogens is 350 g/mol. The van der Waals surface area contributed by atoms with Gasteiger partial charge in [-0.05, 0) is 23.8 Å². The highest BCUT2D eigenvalue weighted by molar-refractivity contribution is 5.89. The Kier molecular flexibility index (Phi) is 5.11. The highest BCUT2D eigenvalue weighted by atomic mass is 16.5. The summed E-state index contributed by atoms with van der Waals surface area (Å²) in [6, 6.07) is 5.51. The molecule has 2 heterocycles. The molecule has 0 saturated carbocycles. The fourth-order valence-corrected chi connectivity index (χ4v) is 2.81. The molecule has 1 aromatic carbocycles. The number of nitrogen functional groups attached to an aromatic ring is 2. The van der Waals surface area contributed by atoms with Gasteiger partial charge in [-0.2, -0.15) is 4.98 Å². The van der Waals surface area contributed by atoms with Crippen LogP contribution in [0.4, 0.5) is 11.8 Å². The Morgan fingerprint density at radius 3 is 2.70 bits per heavy atom. The van der Waals surface area contributed by atoms with E-state index in [4.69, 9.17) is 30.6 Å². The zero-order chi connectivity index (χ0) is 19.4. The van der Waals surface area contributed by atoms with E-state index in [2.05, 4.69) is 15.1 Å². The molecule has 0 radical (unpaired) electrons. The van der Waals surface area contributed by atoms with Crippen LogP contribution in [0.2, 0.25) is 0 Å². The van der Waals surface area contributed by atoms with Crippen molar-refractivity contribution in [2.45, 2.75) is 6.42 Å². The summed E-state index contributed by atoms with van der Waals surface area (Å²) >= 11 is 0. The van der Waals surface area contributed by atoms with Gasteiger partial charge in [0.05, 0.1) is 20.5 Å². The van der Waals surface area contributed by atoms with E-state index in [1.165, 1.54) is 12.5 Å². The highest BCUT2D eigenvalue weighted by Gasteiger charge is 2.19. The molecule has 0 aliphatic carbocycles. The third kappa shape index (κ3) is 3.61. The van der Waals surface area contributed by atoms with Gasteiger partial charge in [0, 0.05) is 29.3 Å². The van der Waals surface area contributed by atoms with Crippen LogP contribution >= 0.6 is 0 Å². The lowest BCUT2D eigenvalue weighted by molar-refractivity contribution is 0.320. The van der Waals surface area contributed by atoms with Gasteiger partial charge in [0.1, 0.15) is 12.0 Å². The smallest absolute Gasteiger partial charge is 0.221 e. The molecule has 27 heavy (non-hydrogen) atoms. The number of methoxy groups -OCH3 is 2. The maximum Gasteiger partial charge on any atom is 0.221 e. The lowest BCUT2D eigenvalue weighted by atomic mass is 9.98. The molecule has 9 nitrogen and oxygen atoms in total. The second-order valence-electron chi connectivity index (χ2n) is 5.64. The molecule has 5 N–H and O–H groups in total. The van der Waals surface area contributed by atoms with Crippen LogP contribution < -0.4 is 20.9 Å². The van der Waals surface area contributed by atoms with Gasteiger partial charge < -0.3 is 30.6 Å². The largest absolute Gasteiger partial charge is 0.493 e. The Morgan fingerprint density at radius 1 is 1.22 bits per heavy atom. The summed E-state index contributed by atoms with van der Waals surface area (Å²) < 4.78 is 16.4. The first-order valence-electron chi connectivity index (χ1n) is 7.94. The zero-order valence-corrected chi connectivity index (χ0v) is 14.8. The quantitative estimate of drug-likeness (QED) is 0.341. The van der Waals surface area contributed by atoms with Crippen molar-refractivity contribution in [3.63, 3.8) is 0 Å². The van der Waals surface area contributed by atoms with Gasteiger partial charge in [-0.15, -0.1) is 0 Å². The van der Waals surface area contributed by atoms with Crippen molar-refractivity contribution in [1.29, 1.82) is 0 Å². The van der Waals surface area contributed by atoms with Gasteiger partial charge in [0.25, 0.3) is 0 Å². The van der Waals surface area contributed by atoms with Crippen LogP contribution in [0, 0.1) is 0 Å². The normalized spacial score (nSPS) is 11.0. The van der Waals surface area contributed by atoms with Gasteiger partial charge in [-0.25, -0.2) is 4.98 Å². The molecule has 0 bridgehead atoms. The first-order chi connectivity index (χ1) is 13.1. The van der Waals surface area contributed by atoms with E-state index in [0.717, 1.165) is 11.1 Å². The zero-order valence-electron chi connectivity index (χ0n) is 14.8. The molecule has 0 aliphatic heterocycles. The van der Waals surface area contributed by atoms with E-state index in [0.29, 0.717) is 40.6 Å². The second kappa shape index (κ2) is 7.65. The van der Waals surface area contributed by atoms with Crippen molar-refractivity contribution >= 4 is 18.0 Å². The standard InChI is InChI=1S/C18H19N5O4/c1-25-14-7-10(5-11-8-21-18(20)23-17(11)19)6-13(16(14)26-2)12-3-4-27-15(12)9-22-24/h3-4,6-9,24H,5H2,1-2H3,(H4,19,20,21,23)/b22-9+. The summed E-state index contributed by atoms with van der Waals surface area (Å²) in [6.07, 6.45) is 4.76. The van der Waals surface area contributed by atoms with E-state index in [1.54, 1.807) is 26.5 Å². The van der Waals surface area contributed by atoms with Crippen LogP contribution in [-0.4, -0.2) is 35.6 Å². The first kappa shape index (κ1) is 18.1. The SMILES string of the molecule is COc1cc(Cc2cnc(N)nc2N)cc(-c2ccoc2/C=N/O)c1OC. The van der Waals surface area contributed by atoms with Gasteiger partial charge in [-0.1, -0.05) is 5.16 Å². The molecule has 140 valence electrons. The first-order valence-corrected chi connectivity index (χ1v) is 7.94. The minimum atomic E-state index is 0.121. The van der Waals surface area contributed by atoms with Gasteiger partial charge in [-0.3, -0.25) is 0 Å². The summed E-state index contributed by atoms with van der Waals surface area (Å²) in [5.41, 5.74) is 14.5. The number of hydrogen-bond acceptors (Lipinski definition) is 9. The Bertz CT molecular complexity index is 984. The number of benzene rings is 1. The number of anilines is 2.